The van der Waals surface area contributed by atoms with E-state index in [0.717, 1.165) is 50.0 Å². The molecule has 0 radical (unpaired) electrons. The summed E-state index contributed by atoms with van der Waals surface area (Å²) in [7, 11) is 0. The number of rotatable bonds is 7. The molecule has 27 heavy (non-hydrogen) atoms. The van der Waals surface area contributed by atoms with Crippen molar-refractivity contribution in [3.63, 3.8) is 0 Å². The number of nitrogens with two attached hydrogens (primary N) is 1. The summed E-state index contributed by atoms with van der Waals surface area (Å²) >= 11 is 1.47. The van der Waals surface area contributed by atoms with Crippen molar-refractivity contribution in [3.05, 3.63) is 45.9 Å². The highest BCUT2D eigenvalue weighted by atomic mass is 35.5. The number of anilines is 1. The molecule has 2 heterocycles. The van der Waals surface area contributed by atoms with E-state index in [0.29, 0.717) is 18.7 Å². The molecule has 0 atom stereocenters. The Morgan fingerprint density at radius 3 is 2.56 bits per heavy atom. The summed E-state index contributed by atoms with van der Waals surface area (Å²) in [6.45, 7) is 5.25. The lowest BCUT2D eigenvalue weighted by Crippen LogP contribution is -2.37. The number of hydrogen-bond donors (Lipinski definition) is 2. The molecular formula is C18H26Cl2N4O2S. The minimum Gasteiger partial charge on any atom is -0.379 e. The van der Waals surface area contributed by atoms with E-state index in [1.807, 2.05) is 12.1 Å². The maximum Gasteiger partial charge on any atom is 0.275 e. The van der Waals surface area contributed by atoms with Gasteiger partial charge in [0.1, 0.15) is 5.69 Å². The van der Waals surface area contributed by atoms with Gasteiger partial charge in [-0.05, 0) is 30.7 Å². The minimum atomic E-state index is -0.180. The summed E-state index contributed by atoms with van der Waals surface area (Å²) in [5, 5.41) is 5.56. The topological polar surface area (TPSA) is 80.5 Å². The van der Waals surface area contributed by atoms with Gasteiger partial charge in [0.05, 0.1) is 18.2 Å². The van der Waals surface area contributed by atoms with E-state index in [2.05, 4.69) is 27.3 Å². The van der Waals surface area contributed by atoms with Crippen LogP contribution in [0, 0.1) is 0 Å². The van der Waals surface area contributed by atoms with Crippen LogP contribution in [0.25, 0.3) is 0 Å². The normalized spacial score (nSPS) is 14.1. The number of morpholine rings is 1. The Bertz CT molecular complexity index is 691. The van der Waals surface area contributed by atoms with Crippen molar-refractivity contribution in [1.29, 1.82) is 0 Å². The van der Waals surface area contributed by atoms with Gasteiger partial charge < -0.3 is 15.8 Å². The van der Waals surface area contributed by atoms with Gasteiger partial charge in [0.25, 0.3) is 5.91 Å². The lowest BCUT2D eigenvalue weighted by molar-refractivity contribution is 0.0384. The molecule has 6 nitrogen and oxygen atoms in total. The standard InChI is InChI=1S/C18H24N4O2S.2ClH/c19-7-5-17-21-16(13-25-17)18(23)20-15-3-1-14(2-4-15)6-8-22-9-11-24-12-10-22;;/h1-4,13H,5-12,19H2,(H,20,23);2*1H. The first-order chi connectivity index (χ1) is 12.2. The number of amides is 1. The zero-order chi connectivity index (χ0) is 17.5. The molecule has 3 rings (SSSR count). The monoisotopic (exact) mass is 432 g/mol. The van der Waals surface area contributed by atoms with Crippen molar-refractivity contribution < 1.29 is 9.53 Å². The average molecular weight is 433 g/mol. The fourth-order valence-corrected chi connectivity index (χ4v) is 3.51. The molecule has 0 spiro atoms. The smallest absolute Gasteiger partial charge is 0.275 e. The second-order valence-corrected chi connectivity index (χ2v) is 6.96. The lowest BCUT2D eigenvalue weighted by Gasteiger charge is -2.26. The van der Waals surface area contributed by atoms with Gasteiger partial charge >= 0.3 is 0 Å². The Hall–Kier alpha value is -1.22. The first-order valence-corrected chi connectivity index (χ1v) is 9.47. The molecule has 150 valence electrons. The molecule has 1 aliphatic rings. The number of carbonyl (C=O) groups is 1. The number of hydrogen-bond acceptors (Lipinski definition) is 6. The van der Waals surface area contributed by atoms with E-state index in [1.165, 1.54) is 16.9 Å². The van der Waals surface area contributed by atoms with E-state index in [-0.39, 0.29) is 30.7 Å². The summed E-state index contributed by atoms with van der Waals surface area (Å²) in [5.74, 6) is -0.180. The van der Waals surface area contributed by atoms with Gasteiger partial charge in [-0.2, -0.15) is 0 Å². The van der Waals surface area contributed by atoms with Crippen molar-refractivity contribution in [1.82, 2.24) is 9.88 Å². The van der Waals surface area contributed by atoms with Crippen LogP contribution in [0.1, 0.15) is 21.1 Å². The third-order valence-corrected chi connectivity index (χ3v) is 5.08. The van der Waals surface area contributed by atoms with E-state index in [4.69, 9.17) is 10.5 Å². The largest absolute Gasteiger partial charge is 0.379 e. The van der Waals surface area contributed by atoms with E-state index >= 15 is 0 Å². The molecule has 1 aliphatic heterocycles. The molecule has 1 saturated heterocycles. The zero-order valence-corrected chi connectivity index (χ0v) is 17.5. The average Bonchev–Trinajstić information content (AvgIpc) is 3.11. The maximum absolute atomic E-state index is 12.2. The van der Waals surface area contributed by atoms with Gasteiger partial charge in [-0.3, -0.25) is 9.69 Å². The maximum atomic E-state index is 12.2. The predicted octanol–water partition coefficient (Wildman–Crippen LogP) is 2.61. The summed E-state index contributed by atoms with van der Waals surface area (Å²) in [4.78, 5) is 19.0. The zero-order valence-electron chi connectivity index (χ0n) is 15.1. The minimum absolute atomic E-state index is 0. The van der Waals surface area contributed by atoms with Gasteiger partial charge in [-0.1, -0.05) is 12.1 Å². The summed E-state index contributed by atoms with van der Waals surface area (Å²) in [6.07, 6.45) is 1.71. The van der Waals surface area contributed by atoms with Crippen molar-refractivity contribution in [2.75, 3.05) is 44.7 Å². The van der Waals surface area contributed by atoms with Gasteiger partial charge in [-0.15, -0.1) is 36.2 Å². The molecule has 0 bridgehead atoms. The van der Waals surface area contributed by atoms with Gasteiger partial charge in [-0.25, -0.2) is 4.98 Å². The van der Waals surface area contributed by atoms with Crippen LogP contribution in [0.3, 0.4) is 0 Å². The van der Waals surface area contributed by atoms with Crippen LogP contribution in [0.15, 0.2) is 29.6 Å². The molecule has 0 saturated carbocycles. The summed E-state index contributed by atoms with van der Waals surface area (Å²) in [5.41, 5.74) is 8.01. The van der Waals surface area contributed by atoms with E-state index < -0.39 is 0 Å². The molecule has 1 amide bonds. The highest BCUT2D eigenvalue weighted by molar-refractivity contribution is 7.09. The van der Waals surface area contributed by atoms with Crippen molar-refractivity contribution in [2.45, 2.75) is 12.8 Å². The second kappa shape index (κ2) is 12.3. The van der Waals surface area contributed by atoms with Crippen molar-refractivity contribution in [2.24, 2.45) is 5.73 Å². The third-order valence-electron chi connectivity index (χ3n) is 4.17. The Morgan fingerprint density at radius 1 is 1.19 bits per heavy atom. The first kappa shape index (κ1) is 23.8. The van der Waals surface area contributed by atoms with Gasteiger partial charge in [0.15, 0.2) is 0 Å². The highest BCUT2D eigenvalue weighted by Gasteiger charge is 2.12. The molecular weight excluding hydrogens is 407 g/mol. The number of ether oxygens (including phenoxy) is 1. The van der Waals surface area contributed by atoms with E-state index in [9.17, 15) is 4.79 Å². The Kier molecular flexibility index (Phi) is 10.8. The van der Waals surface area contributed by atoms with Gasteiger partial charge in [0.2, 0.25) is 0 Å². The van der Waals surface area contributed by atoms with Gasteiger partial charge in [0, 0.05) is 37.1 Å². The molecule has 1 aromatic heterocycles. The SMILES string of the molecule is Cl.Cl.NCCc1nc(C(=O)Nc2ccc(CCN3CCOCC3)cc2)cs1. The van der Waals surface area contributed by atoms with Crippen molar-refractivity contribution in [3.8, 4) is 0 Å². The highest BCUT2D eigenvalue weighted by Crippen LogP contribution is 2.14. The van der Waals surface area contributed by atoms with Crippen LogP contribution in [0.5, 0.6) is 0 Å². The predicted molar refractivity (Wildman–Crippen MR) is 115 cm³/mol. The summed E-state index contributed by atoms with van der Waals surface area (Å²) < 4.78 is 5.36. The molecule has 1 aromatic carbocycles. The van der Waals surface area contributed by atoms with Crippen LogP contribution in [-0.4, -0.2) is 55.2 Å². The number of halogens is 2. The lowest BCUT2D eigenvalue weighted by atomic mass is 10.1. The molecule has 0 unspecified atom stereocenters. The molecule has 2 aromatic rings. The fourth-order valence-electron chi connectivity index (χ4n) is 2.72. The van der Waals surface area contributed by atoms with Crippen LogP contribution in [0.4, 0.5) is 5.69 Å². The number of thiazole rings is 1. The molecule has 3 N–H and O–H groups in total. The quantitative estimate of drug-likeness (QED) is 0.702. The number of nitrogens with zero attached hydrogens (tertiary/aromatic N) is 2. The number of aromatic nitrogens is 1. The second-order valence-electron chi connectivity index (χ2n) is 6.02. The van der Waals surface area contributed by atoms with Crippen LogP contribution in [0.2, 0.25) is 0 Å². The first-order valence-electron chi connectivity index (χ1n) is 8.59. The van der Waals surface area contributed by atoms with Crippen LogP contribution >= 0.6 is 36.2 Å². The third kappa shape index (κ3) is 7.37. The number of benzene rings is 1. The Balaban J connectivity index is 0.00000182. The number of carbonyl (C=O) groups excluding carboxylic acids is 1. The Morgan fingerprint density at radius 2 is 1.89 bits per heavy atom. The van der Waals surface area contributed by atoms with Crippen LogP contribution < -0.4 is 11.1 Å². The summed E-state index contributed by atoms with van der Waals surface area (Å²) in [6, 6.07) is 8.02. The number of nitrogens with one attached hydrogen (secondary N) is 1. The molecule has 1 fully saturated rings. The fraction of sp³-hybridized carbons (Fsp3) is 0.444. The molecule has 9 heteroatoms. The molecule has 0 aliphatic carbocycles. The van der Waals surface area contributed by atoms with Crippen LogP contribution in [-0.2, 0) is 17.6 Å². The van der Waals surface area contributed by atoms with Crippen molar-refractivity contribution >= 4 is 47.7 Å². The van der Waals surface area contributed by atoms with E-state index in [1.54, 1.807) is 5.38 Å². The Labute approximate surface area is 176 Å².